The second-order valence-electron chi connectivity index (χ2n) is 4.17. The maximum absolute atomic E-state index is 11.8. The fraction of sp³-hybridized carbons (Fsp3) is 0.500. The second kappa shape index (κ2) is 6.20. The molecule has 5 heteroatoms. The molecule has 3 N–H and O–H groups in total. The molecule has 0 fully saturated rings. The molecule has 17 heavy (non-hydrogen) atoms. The lowest BCUT2D eigenvalue weighted by atomic mass is 10.1. The molecule has 1 amide bonds. The first-order valence-corrected chi connectivity index (χ1v) is 5.74. The van der Waals surface area contributed by atoms with Crippen molar-refractivity contribution in [3.63, 3.8) is 0 Å². The highest BCUT2D eigenvalue weighted by atomic mass is 16.2. The van der Waals surface area contributed by atoms with Gasteiger partial charge in [-0.2, -0.15) is 0 Å². The van der Waals surface area contributed by atoms with Crippen LogP contribution in [0.2, 0.25) is 0 Å². The van der Waals surface area contributed by atoms with E-state index in [1.165, 1.54) is 0 Å². The third-order valence-corrected chi connectivity index (χ3v) is 2.47. The van der Waals surface area contributed by atoms with Crippen LogP contribution in [-0.4, -0.2) is 31.0 Å². The van der Waals surface area contributed by atoms with Gasteiger partial charge in [-0.25, -0.2) is 0 Å². The van der Waals surface area contributed by atoms with Crippen LogP contribution in [0.4, 0.5) is 11.4 Å². The summed E-state index contributed by atoms with van der Waals surface area (Å²) in [7, 11) is 3.83. The predicted molar refractivity (Wildman–Crippen MR) is 70.1 cm³/mol. The largest absolute Gasteiger partial charge is 0.376 e. The van der Waals surface area contributed by atoms with E-state index in [0.717, 1.165) is 12.1 Å². The van der Waals surface area contributed by atoms with Crippen LogP contribution in [0.5, 0.6) is 0 Å². The molecule has 0 aliphatic rings. The Bertz CT molecular complexity index is 379. The van der Waals surface area contributed by atoms with Crippen molar-refractivity contribution in [2.75, 3.05) is 24.3 Å². The van der Waals surface area contributed by atoms with Crippen molar-refractivity contribution in [2.45, 2.75) is 25.8 Å². The maximum Gasteiger partial charge on any atom is 0.241 e. The molecule has 0 unspecified atom stereocenters. The molecule has 0 aromatic carbocycles. The summed E-state index contributed by atoms with van der Waals surface area (Å²) < 4.78 is 0. The molecule has 0 saturated heterocycles. The van der Waals surface area contributed by atoms with Gasteiger partial charge in [0.1, 0.15) is 0 Å². The number of carbonyl (C=O) groups is 1. The second-order valence-corrected chi connectivity index (χ2v) is 4.17. The lowest BCUT2D eigenvalue weighted by Gasteiger charge is -2.18. The molecule has 0 aliphatic heterocycles. The highest BCUT2D eigenvalue weighted by molar-refractivity contribution is 5.97. The normalized spacial score (nSPS) is 12.0. The summed E-state index contributed by atoms with van der Waals surface area (Å²) in [6, 6.07) is 1.39. The van der Waals surface area contributed by atoms with Gasteiger partial charge in [0.05, 0.1) is 23.6 Å². The van der Waals surface area contributed by atoms with Gasteiger partial charge in [-0.15, -0.1) is 0 Å². The van der Waals surface area contributed by atoms with E-state index in [0.29, 0.717) is 12.1 Å². The molecular weight excluding hydrogens is 216 g/mol. The average molecular weight is 236 g/mol. The van der Waals surface area contributed by atoms with Gasteiger partial charge in [-0.3, -0.25) is 9.78 Å². The van der Waals surface area contributed by atoms with Gasteiger partial charge in [0.25, 0.3) is 0 Å². The molecule has 0 aliphatic carbocycles. The smallest absolute Gasteiger partial charge is 0.241 e. The minimum atomic E-state index is -0.463. The monoisotopic (exact) mass is 236 g/mol. The maximum atomic E-state index is 11.8. The van der Waals surface area contributed by atoms with E-state index in [1.807, 2.05) is 32.0 Å². The summed E-state index contributed by atoms with van der Waals surface area (Å²) >= 11 is 0. The van der Waals surface area contributed by atoms with Crippen LogP contribution in [0.3, 0.4) is 0 Å². The molecule has 1 rings (SSSR count). The van der Waals surface area contributed by atoms with E-state index < -0.39 is 6.04 Å². The van der Waals surface area contributed by atoms with E-state index in [1.54, 1.807) is 12.4 Å². The number of nitrogens with zero attached hydrogens (tertiary/aromatic N) is 2. The number of aromatic nitrogens is 1. The van der Waals surface area contributed by atoms with Crippen LogP contribution in [0.25, 0.3) is 0 Å². The van der Waals surface area contributed by atoms with Crippen molar-refractivity contribution >= 4 is 17.3 Å². The summed E-state index contributed by atoms with van der Waals surface area (Å²) in [5.41, 5.74) is 7.36. The zero-order valence-corrected chi connectivity index (χ0v) is 10.6. The van der Waals surface area contributed by atoms with Crippen LogP contribution in [0.15, 0.2) is 18.5 Å². The fourth-order valence-electron chi connectivity index (χ4n) is 1.54. The Morgan fingerprint density at radius 2 is 2.29 bits per heavy atom. The van der Waals surface area contributed by atoms with Crippen molar-refractivity contribution in [3.8, 4) is 0 Å². The van der Waals surface area contributed by atoms with Gasteiger partial charge < -0.3 is 16.0 Å². The first kappa shape index (κ1) is 13.4. The number of nitrogens with one attached hydrogen (secondary N) is 1. The number of amides is 1. The van der Waals surface area contributed by atoms with Crippen molar-refractivity contribution in [1.82, 2.24) is 4.98 Å². The van der Waals surface area contributed by atoms with E-state index >= 15 is 0 Å². The topological polar surface area (TPSA) is 71.2 Å². The number of nitrogens with two attached hydrogens (primary N) is 1. The quantitative estimate of drug-likeness (QED) is 0.806. The van der Waals surface area contributed by atoms with Crippen molar-refractivity contribution in [2.24, 2.45) is 5.73 Å². The minimum Gasteiger partial charge on any atom is -0.376 e. The molecule has 0 saturated carbocycles. The van der Waals surface area contributed by atoms with Crippen molar-refractivity contribution in [1.29, 1.82) is 0 Å². The number of hydrogen-bond donors (Lipinski definition) is 2. The molecule has 0 spiro atoms. The molecule has 1 aromatic heterocycles. The Hall–Kier alpha value is -1.62. The highest BCUT2D eigenvalue weighted by Crippen LogP contribution is 2.22. The number of rotatable bonds is 5. The molecular formula is C12H20N4O. The van der Waals surface area contributed by atoms with E-state index in [-0.39, 0.29) is 5.91 Å². The molecule has 0 radical (unpaired) electrons. The van der Waals surface area contributed by atoms with Gasteiger partial charge in [0.2, 0.25) is 5.91 Å². The molecule has 1 aromatic rings. The Balaban J connectivity index is 2.77. The molecule has 0 bridgehead atoms. The number of hydrogen-bond acceptors (Lipinski definition) is 4. The van der Waals surface area contributed by atoms with Gasteiger partial charge in [0, 0.05) is 20.3 Å². The molecule has 1 heterocycles. The average Bonchev–Trinajstić information content (AvgIpc) is 2.29. The Morgan fingerprint density at radius 1 is 1.59 bits per heavy atom. The summed E-state index contributed by atoms with van der Waals surface area (Å²) in [5.74, 6) is -0.164. The summed E-state index contributed by atoms with van der Waals surface area (Å²) in [6.45, 7) is 2.00. The standard InChI is InChI=1S/C12H20N4O/c1-4-5-9(13)12(17)15-10-8-14-7-6-11(10)16(2)3/h6-9H,4-5,13H2,1-3H3,(H,15,17)/t9-/m0/s1. The molecule has 94 valence electrons. The van der Waals surface area contributed by atoms with Crippen molar-refractivity contribution < 1.29 is 4.79 Å². The van der Waals surface area contributed by atoms with E-state index in [4.69, 9.17) is 5.73 Å². The van der Waals surface area contributed by atoms with Gasteiger partial charge in [0.15, 0.2) is 0 Å². The van der Waals surface area contributed by atoms with Crippen LogP contribution in [0.1, 0.15) is 19.8 Å². The number of carbonyl (C=O) groups excluding carboxylic acids is 1. The third kappa shape index (κ3) is 3.71. The zero-order valence-electron chi connectivity index (χ0n) is 10.6. The lowest BCUT2D eigenvalue weighted by molar-refractivity contribution is -0.117. The third-order valence-electron chi connectivity index (χ3n) is 2.47. The minimum absolute atomic E-state index is 0.164. The van der Waals surface area contributed by atoms with Crippen LogP contribution >= 0.6 is 0 Å². The lowest BCUT2D eigenvalue weighted by Crippen LogP contribution is -2.35. The van der Waals surface area contributed by atoms with Crippen LogP contribution in [0, 0.1) is 0 Å². The Morgan fingerprint density at radius 3 is 2.88 bits per heavy atom. The van der Waals surface area contributed by atoms with Crippen molar-refractivity contribution in [3.05, 3.63) is 18.5 Å². The summed E-state index contributed by atoms with van der Waals surface area (Å²) in [6.07, 6.45) is 4.90. The first-order chi connectivity index (χ1) is 8.06. The summed E-state index contributed by atoms with van der Waals surface area (Å²) in [5, 5.41) is 2.81. The summed E-state index contributed by atoms with van der Waals surface area (Å²) in [4.78, 5) is 17.7. The van der Waals surface area contributed by atoms with Crippen LogP contribution < -0.4 is 16.0 Å². The van der Waals surface area contributed by atoms with Gasteiger partial charge in [-0.05, 0) is 12.5 Å². The number of pyridine rings is 1. The van der Waals surface area contributed by atoms with E-state index in [2.05, 4.69) is 10.3 Å². The molecule has 1 atom stereocenters. The molecule has 5 nitrogen and oxygen atoms in total. The SMILES string of the molecule is CCC[C@H](N)C(=O)Nc1cnccc1N(C)C. The number of anilines is 2. The Labute approximate surface area is 102 Å². The fourth-order valence-corrected chi connectivity index (χ4v) is 1.54. The van der Waals surface area contributed by atoms with E-state index in [9.17, 15) is 4.79 Å². The highest BCUT2D eigenvalue weighted by Gasteiger charge is 2.14. The van der Waals surface area contributed by atoms with Gasteiger partial charge in [-0.1, -0.05) is 13.3 Å². The first-order valence-electron chi connectivity index (χ1n) is 5.74. The predicted octanol–water partition coefficient (Wildman–Crippen LogP) is 1.21. The Kier molecular flexibility index (Phi) is 4.90. The van der Waals surface area contributed by atoms with Gasteiger partial charge >= 0.3 is 0 Å². The van der Waals surface area contributed by atoms with Crippen LogP contribution in [-0.2, 0) is 4.79 Å². The zero-order chi connectivity index (χ0) is 12.8.